The number of methoxy groups -OCH3 is 2. The second-order valence-corrected chi connectivity index (χ2v) is 5.42. The van der Waals surface area contributed by atoms with Gasteiger partial charge in [-0.1, -0.05) is 42.5 Å². The van der Waals surface area contributed by atoms with Crippen LogP contribution in [0, 0.1) is 0 Å². The first kappa shape index (κ1) is 18.0. The molecule has 0 saturated carbocycles. The van der Waals surface area contributed by atoms with Crippen LogP contribution in [-0.2, 0) is 22.6 Å². The second-order valence-electron chi connectivity index (χ2n) is 5.42. The predicted molar refractivity (Wildman–Crippen MR) is 93.8 cm³/mol. The molecule has 0 spiro atoms. The van der Waals surface area contributed by atoms with Crippen molar-refractivity contribution in [1.29, 1.82) is 0 Å². The van der Waals surface area contributed by atoms with Crippen LogP contribution in [0.1, 0.15) is 11.1 Å². The molecule has 0 aliphatic carbocycles. The first-order chi connectivity index (χ1) is 11.7. The molecule has 128 valence electrons. The monoisotopic (exact) mass is 328 g/mol. The molecular weight excluding hydrogens is 304 g/mol. The highest BCUT2D eigenvalue weighted by Gasteiger charge is 2.17. The van der Waals surface area contributed by atoms with Crippen LogP contribution in [0.2, 0.25) is 0 Å². The number of esters is 1. The molecular formula is C19H24N2O3. The van der Waals surface area contributed by atoms with Crippen LogP contribution < -0.4 is 15.4 Å². The summed E-state index contributed by atoms with van der Waals surface area (Å²) in [6, 6.07) is 17.4. The lowest BCUT2D eigenvalue weighted by molar-refractivity contribution is -0.143. The van der Waals surface area contributed by atoms with Gasteiger partial charge in [-0.25, -0.2) is 0 Å². The average molecular weight is 328 g/mol. The number of rotatable bonds is 9. The first-order valence-corrected chi connectivity index (χ1v) is 7.91. The Labute approximate surface area is 143 Å². The molecule has 24 heavy (non-hydrogen) atoms. The summed E-state index contributed by atoms with van der Waals surface area (Å²) in [4.78, 5) is 11.9. The van der Waals surface area contributed by atoms with Gasteiger partial charge in [0.05, 0.1) is 14.2 Å². The maximum absolute atomic E-state index is 11.9. The van der Waals surface area contributed by atoms with Crippen molar-refractivity contribution in [2.75, 3.05) is 20.8 Å². The van der Waals surface area contributed by atoms with Gasteiger partial charge < -0.3 is 14.8 Å². The Balaban J connectivity index is 1.83. The Kier molecular flexibility index (Phi) is 7.26. The molecule has 1 atom stereocenters. The van der Waals surface area contributed by atoms with E-state index in [1.165, 1.54) is 7.11 Å². The van der Waals surface area contributed by atoms with E-state index in [1.54, 1.807) is 7.11 Å². The summed E-state index contributed by atoms with van der Waals surface area (Å²) in [7, 11) is 3.05. The topological polar surface area (TPSA) is 59.6 Å². The molecule has 5 nitrogen and oxygen atoms in total. The van der Waals surface area contributed by atoms with Crippen LogP contribution in [0.4, 0.5) is 0 Å². The summed E-state index contributed by atoms with van der Waals surface area (Å²) >= 11 is 0. The number of benzene rings is 2. The van der Waals surface area contributed by atoms with E-state index >= 15 is 0 Å². The van der Waals surface area contributed by atoms with E-state index in [9.17, 15) is 4.79 Å². The lowest BCUT2D eigenvalue weighted by atomic mass is 10.2. The second kappa shape index (κ2) is 9.70. The van der Waals surface area contributed by atoms with Crippen molar-refractivity contribution in [3.05, 3.63) is 65.7 Å². The molecule has 0 amide bonds. The molecule has 2 aromatic carbocycles. The predicted octanol–water partition coefficient (Wildman–Crippen LogP) is 2.12. The Morgan fingerprint density at radius 3 is 2.25 bits per heavy atom. The molecule has 0 bridgehead atoms. The highest BCUT2D eigenvalue weighted by molar-refractivity contribution is 5.75. The minimum absolute atomic E-state index is 0.270. The van der Waals surface area contributed by atoms with Gasteiger partial charge in [-0.05, 0) is 23.3 Å². The summed E-state index contributed by atoms with van der Waals surface area (Å²) in [5.41, 5.74) is 2.25. The number of hydrogen-bond donors (Lipinski definition) is 2. The SMILES string of the molecule is COC(=O)[C@H](CNCc1ccc(OC)cc1)NCc1ccccc1. The van der Waals surface area contributed by atoms with Crippen LogP contribution in [-0.4, -0.2) is 32.8 Å². The fraction of sp³-hybridized carbons (Fsp3) is 0.316. The smallest absolute Gasteiger partial charge is 0.324 e. The average Bonchev–Trinajstić information content (AvgIpc) is 2.65. The molecule has 0 fully saturated rings. The van der Waals surface area contributed by atoms with E-state index in [2.05, 4.69) is 10.6 Å². The minimum Gasteiger partial charge on any atom is -0.497 e. The van der Waals surface area contributed by atoms with E-state index in [-0.39, 0.29) is 5.97 Å². The fourth-order valence-electron chi connectivity index (χ4n) is 2.32. The van der Waals surface area contributed by atoms with E-state index < -0.39 is 6.04 Å². The fourth-order valence-corrected chi connectivity index (χ4v) is 2.32. The summed E-state index contributed by atoms with van der Waals surface area (Å²) in [6.45, 7) is 1.78. The third-order valence-corrected chi connectivity index (χ3v) is 3.72. The number of carbonyl (C=O) groups excluding carboxylic acids is 1. The van der Waals surface area contributed by atoms with Crippen LogP contribution in [0.25, 0.3) is 0 Å². The summed E-state index contributed by atoms with van der Waals surface area (Å²) in [6.07, 6.45) is 0. The molecule has 0 saturated heterocycles. The van der Waals surface area contributed by atoms with E-state index in [0.29, 0.717) is 19.6 Å². The van der Waals surface area contributed by atoms with Gasteiger partial charge in [0.2, 0.25) is 0 Å². The van der Waals surface area contributed by atoms with Crippen LogP contribution in [0.15, 0.2) is 54.6 Å². The molecule has 0 unspecified atom stereocenters. The van der Waals surface area contributed by atoms with Gasteiger partial charge in [0, 0.05) is 19.6 Å². The Morgan fingerprint density at radius 1 is 0.958 bits per heavy atom. The molecule has 5 heteroatoms. The molecule has 2 aromatic rings. The van der Waals surface area contributed by atoms with Gasteiger partial charge in [-0.15, -0.1) is 0 Å². The van der Waals surface area contributed by atoms with Crippen molar-refractivity contribution in [2.24, 2.45) is 0 Å². The Bertz CT molecular complexity index is 614. The van der Waals surface area contributed by atoms with E-state index in [1.807, 2.05) is 54.6 Å². The van der Waals surface area contributed by atoms with Crippen molar-refractivity contribution < 1.29 is 14.3 Å². The zero-order chi connectivity index (χ0) is 17.2. The van der Waals surface area contributed by atoms with Gasteiger partial charge >= 0.3 is 5.97 Å². The van der Waals surface area contributed by atoms with Crippen LogP contribution in [0.5, 0.6) is 5.75 Å². The molecule has 0 aromatic heterocycles. The van der Waals surface area contributed by atoms with Crippen LogP contribution >= 0.6 is 0 Å². The van der Waals surface area contributed by atoms with Gasteiger partial charge in [0.15, 0.2) is 0 Å². The summed E-state index contributed by atoms with van der Waals surface area (Å²) in [5.74, 6) is 0.559. The van der Waals surface area contributed by atoms with Crippen molar-refractivity contribution >= 4 is 5.97 Å². The molecule has 0 aliphatic rings. The highest BCUT2D eigenvalue weighted by Crippen LogP contribution is 2.10. The van der Waals surface area contributed by atoms with Crippen molar-refractivity contribution in [2.45, 2.75) is 19.1 Å². The Morgan fingerprint density at radius 2 is 1.62 bits per heavy atom. The van der Waals surface area contributed by atoms with E-state index in [0.717, 1.165) is 16.9 Å². The quantitative estimate of drug-likeness (QED) is 0.691. The zero-order valence-electron chi connectivity index (χ0n) is 14.1. The van der Waals surface area contributed by atoms with Crippen molar-refractivity contribution in [3.63, 3.8) is 0 Å². The minimum atomic E-state index is -0.395. The third kappa shape index (κ3) is 5.68. The molecule has 0 radical (unpaired) electrons. The summed E-state index contributed by atoms with van der Waals surface area (Å²) < 4.78 is 10.0. The Hall–Kier alpha value is -2.37. The largest absolute Gasteiger partial charge is 0.497 e. The molecule has 0 heterocycles. The lowest BCUT2D eigenvalue weighted by Crippen LogP contribution is -2.44. The maximum Gasteiger partial charge on any atom is 0.324 e. The maximum atomic E-state index is 11.9. The number of carbonyl (C=O) groups is 1. The summed E-state index contributed by atoms with van der Waals surface area (Å²) in [5, 5.41) is 6.52. The van der Waals surface area contributed by atoms with Crippen molar-refractivity contribution in [3.8, 4) is 5.75 Å². The van der Waals surface area contributed by atoms with Gasteiger partial charge in [-0.2, -0.15) is 0 Å². The zero-order valence-corrected chi connectivity index (χ0v) is 14.1. The lowest BCUT2D eigenvalue weighted by Gasteiger charge is -2.17. The third-order valence-electron chi connectivity index (χ3n) is 3.72. The standard InChI is InChI=1S/C19H24N2O3/c1-23-17-10-8-16(9-11-17)12-20-14-18(19(22)24-2)21-13-15-6-4-3-5-7-15/h3-11,18,20-21H,12-14H2,1-2H3/t18-/m0/s1. The van der Waals surface area contributed by atoms with Gasteiger partial charge in [0.1, 0.15) is 11.8 Å². The van der Waals surface area contributed by atoms with E-state index in [4.69, 9.17) is 9.47 Å². The normalized spacial score (nSPS) is 11.8. The molecule has 0 aliphatic heterocycles. The number of ether oxygens (including phenoxy) is 2. The van der Waals surface area contributed by atoms with Crippen LogP contribution in [0.3, 0.4) is 0 Å². The highest BCUT2D eigenvalue weighted by atomic mass is 16.5. The molecule has 2 rings (SSSR count). The van der Waals surface area contributed by atoms with Gasteiger partial charge in [-0.3, -0.25) is 10.1 Å². The first-order valence-electron chi connectivity index (χ1n) is 7.91. The van der Waals surface area contributed by atoms with Crippen molar-refractivity contribution in [1.82, 2.24) is 10.6 Å². The molecule has 2 N–H and O–H groups in total. The number of hydrogen-bond acceptors (Lipinski definition) is 5. The number of nitrogens with one attached hydrogen (secondary N) is 2. The van der Waals surface area contributed by atoms with Gasteiger partial charge in [0.25, 0.3) is 0 Å².